The van der Waals surface area contributed by atoms with Crippen molar-refractivity contribution in [2.75, 3.05) is 95.4 Å². The molecule has 8 N–H and O–H groups in total. The summed E-state index contributed by atoms with van der Waals surface area (Å²) in [5, 5.41) is 21.4. The molecule has 0 saturated carbocycles. The summed E-state index contributed by atoms with van der Waals surface area (Å²) in [6.07, 6.45) is 40.1. The third-order valence-corrected chi connectivity index (χ3v) is 22.2. The van der Waals surface area contributed by atoms with Gasteiger partial charge in [0.25, 0.3) is 0 Å². The lowest BCUT2D eigenvalue weighted by Gasteiger charge is -2.21. The minimum atomic E-state index is -1.18. The molecule has 128 heavy (non-hydrogen) atoms. The molecule has 0 atom stereocenters. The number of unbranched alkanes of at least 4 members (excludes halogenated alkanes) is 40. The van der Waals surface area contributed by atoms with Crippen molar-refractivity contribution < 1.29 is 95.4 Å². The van der Waals surface area contributed by atoms with E-state index >= 15 is 19.2 Å². The molecular weight excluding hydrogens is 1630 g/mol. The van der Waals surface area contributed by atoms with Crippen LogP contribution in [0, 0.1) is 0 Å². The molecule has 0 unspecified atom stereocenters. The Bertz CT molecular complexity index is 3330. The van der Waals surface area contributed by atoms with Crippen molar-refractivity contribution in [3.63, 3.8) is 0 Å². The molecule has 1 heterocycles. The summed E-state index contributed by atoms with van der Waals surface area (Å²) < 4.78 is 47.3. The summed E-state index contributed by atoms with van der Waals surface area (Å²) in [4.78, 5) is 180. The normalized spacial score (nSPS) is 12.1. The van der Waals surface area contributed by atoms with E-state index in [0.29, 0.717) is 103 Å². The molecule has 712 valence electrons. The first kappa shape index (κ1) is 108. The van der Waals surface area contributed by atoms with Gasteiger partial charge in [0.05, 0.1) is 143 Å². The Morgan fingerprint density at radius 1 is 0.164 bits per heavy atom. The molecule has 1 aliphatic heterocycles. The van der Waals surface area contributed by atoms with E-state index in [2.05, 4.69) is 97.9 Å². The van der Waals surface area contributed by atoms with E-state index in [4.69, 9.17) is 37.9 Å². The Hall–Kier alpha value is -10.3. The zero-order valence-corrected chi connectivity index (χ0v) is 78.4. The van der Waals surface area contributed by atoms with Gasteiger partial charge in [-0.25, -0.2) is 57.5 Å². The topological polar surface area (TPSA) is 375 Å². The number of benzene rings is 4. The van der Waals surface area contributed by atoms with E-state index in [1.54, 1.807) is 0 Å². The van der Waals surface area contributed by atoms with Crippen molar-refractivity contribution >= 4 is 117 Å². The molecule has 4 aromatic rings. The van der Waals surface area contributed by atoms with Crippen LogP contribution in [0.25, 0.3) is 0 Å². The zero-order chi connectivity index (χ0) is 92.7. The molecule has 28 heteroatoms. The summed E-state index contributed by atoms with van der Waals surface area (Å²) in [5.74, 6) is -8.10. The molecule has 28 nitrogen and oxygen atoms in total. The van der Waals surface area contributed by atoms with E-state index in [9.17, 15) is 38.4 Å². The summed E-state index contributed by atoms with van der Waals surface area (Å²) >= 11 is 0. The van der Waals surface area contributed by atoms with Gasteiger partial charge in [0, 0.05) is 0 Å². The molecule has 0 spiro atoms. The molecule has 1 aliphatic rings. The molecule has 0 aromatic heterocycles. The van der Waals surface area contributed by atoms with Gasteiger partial charge in [0.2, 0.25) is 0 Å². The van der Waals surface area contributed by atoms with Crippen molar-refractivity contribution in [3.05, 3.63) is 93.0 Å². The van der Waals surface area contributed by atoms with Gasteiger partial charge in [-0.2, -0.15) is 0 Å². The minimum absolute atomic E-state index is 0.0822. The molecule has 0 radical (unpaired) electrons. The van der Waals surface area contributed by atoms with Gasteiger partial charge >= 0.3 is 71.9 Å². The number of carbonyl (C=O) groups is 12. The van der Waals surface area contributed by atoms with Crippen LogP contribution in [0.5, 0.6) is 0 Å². The predicted octanol–water partition coefficient (Wildman–Crippen LogP) is 26.7. The molecule has 4 aromatic carbocycles. The lowest BCUT2D eigenvalue weighted by Crippen LogP contribution is -2.28. The van der Waals surface area contributed by atoms with Crippen LogP contribution >= 0.6 is 0 Å². The lowest BCUT2D eigenvalue weighted by molar-refractivity contribution is 0.0479. The van der Waals surface area contributed by atoms with Gasteiger partial charge in [-0.05, 0) is 99.9 Å². The van der Waals surface area contributed by atoms with E-state index in [0.717, 1.165) is 254 Å². The third-order valence-electron chi connectivity index (χ3n) is 22.2. The Labute approximate surface area is 761 Å². The second kappa shape index (κ2) is 66.1. The first-order valence-corrected chi connectivity index (χ1v) is 48.7. The number of amides is 8. The Morgan fingerprint density at radius 2 is 0.266 bits per heavy atom. The van der Waals surface area contributed by atoms with E-state index in [-0.39, 0.29) is 98.4 Å². The van der Waals surface area contributed by atoms with Crippen LogP contribution < -0.4 is 42.5 Å². The monoisotopic (exact) mass is 1790 g/mol. The van der Waals surface area contributed by atoms with Crippen molar-refractivity contribution in [1.29, 1.82) is 0 Å². The van der Waals surface area contributed by atoms with Gasteiger partial charge in [-0.1, -0.05) is 312 Å². The van der Waals surface area contributed by atoms with E-state index in [1.807, 2.05) is 0 Å². The highest BCUT2D eigenvalue weighted by atomic mass is 16.6. The number of anilines is 8. The summed E-state index contributed by atoms with van der Waals surface area (Å²) in [6, 6.07) is 4.07. The van der Waals surface area contributed by atoms with Crippen LogP contribution in [0.2, 0.25) is 0 Å². The number of carbonyl (C=O) groups excluding carboxylic acids is 12. The fourth-order valence-corrected chi connectivity index (χ4v) is 14.7. The quantitative estimate of drug-likeness (QED) is 0.0116. The van der Waals surface area contributed by atoms with Gasteiger partial charge in [-0.15, -0.1) is 0 Å². The zero-order valence-electron chi connectivity index (χ0n) is 78.4. The number of hydrogen-bond acceptors (Lipinski definition) is 20. The fraction of sp³-hybridized carbons (Fsp3) is 0.640. The molecule has 5 rings (SSSR count). The molecule has 8 amide bonds. The van der Waals surface area contributed by atoms with Crippen LogP contribution in [-0.2, 0) is 37.9 Å². The highest BCUT2D eigenvalue weighted by molar-refractivity contribution is 6.17. The Morgan fingerprint density at radius 3 is 0.375 bits per heavy atom. The maximum absolute atomic E-state index is 15.4. The lowest BCUT2D eigenvalue weighted by atomic mass is 10.0. The van der Waals surface area contributed by atoms with Gasteiger partial charge in [0.15, 0.2) is 0 Å². The predicted molar refractivity (Wildman–Crippen MR) is 506 cm³/mol. The number of fused-ring (bicyclic) bond motifs is 8. The average molecular weight is 1790 g/mol. The van der Waals surface area contributed by atoms with Crippen molar-refractivity contribution in [2.45, 2.75) is 364 Å². The number of esters is 8. The van der Waals surface area contributed by atoms with Crippen LogP contribution in [0.3, 0.4) is 0 Å². The van der Waals surface area contributed by atoms with Crippen LogP contribution in [-0.4, -0.2) is 125 Å². The summed E-state index contributed by atoms with van der Waals surface area (Å²) in [5.41, 5.74) is -6.28. The van der Waals surface area contributed by atoms with Crippen LogP contribution in [0.4, 0.5) is 64.7 Å². The van der Waals surface area contributed by atoms with E-state index in [1.165, 1.54) is 0 Å². The number of hydrogen-bond donors (Lipinski definition) is 8. The van der Waals surface area contributed by atoms with Crippen molar-refractivity contribution in [1.82, 2.24) is 0 Å². The number of urea groups is 4. The fourth-order valence-electron chi connectivity index (χ4n) is 14.7. The van der Waals surface area contributed by atoms with Crippen molar-refractivity contribution in [3.8, 4) is 0 Å². The molecule has 8 bridgehead atoms. The SMILES string of the molecule is CCCCCCCCOC(=O)c1cc(C(=O)OCCCCCCCC)c2cc1NC(=O)Nc1cc(c(C(=O)OCCCCCCCC)cc1C(=O)OCCCCCCCC)NC(=O)Nc1cc(c(C(=O)OCCCCCCCC)cc1C(=O)OCCCCCCCC)NC(=O)Nc1cc(c(C(=O)OCCCCCCCC)cc1C(=O)OCCCCCCCC)NC(=O)N2. The van der Waals surface area contributed by atoms with Crippen LogP contribution in [0.15, 0.2) is 48.5 Å². The minimum Gasteiger partial charge on any atom is -0.462 e. The standard InChI is InChI=1S/C100H152N8O20/c1-9-17-25-33-41-49-57-121-89(109)73-65-74(90(110)122-58-50-42-34-26-18-10-2)82-69-81(73)101-97(117)103-83-70-84(76(92(112)124-60-52-44-36-28-20-12-4)66-75(83)91(111)123-59-51-43-35-27-19-11-3)105-99(119)107-87-72-88(80(96(116)128-64-56-48-40-32-24-16-8)68-79(87)95(115)127-63-55-47-39-31-23-15-7)108-100(120)106-86-71-85(104-98(118)102-82)77(93(113)125-61-53-45-37-29-21-13-5)67-78(86)94(114)126-62-54-46-38-30-22-14-6/h65-72H,9-64H2,1-8H3,(H2,101,103,117)(H2,102,104,118)(H2,105,107,119)(H2,106,108,120). The van der Waals surface area contributed by atoms with E-state index < -0.39 is 116 Å². The van der Waals surface area contributed by atoms with Gasteiger partial charge in [-0.3, -0.25) is 0 Å². The molecule has 0 fully saturated rings. The average Bonchev–Trinajstić information content (AvgIpc) is 0.792. The highest BCUT2D eigenvalue weighted by Crippen LogP contribution is 2.36. The Balaban J connectivity index is 1.92. The maximum atomic E-state index is 15.4. The smallest absolute Gasteiger partial charge is 0.340 e. The van der Waals surface area contributed by atoms with Gasteiger partial charge < -0.3 is 80.4 Å². The first-order chi connectivity index (χ1) is 62.2. The summed E-state index contributed by atoms with van der Waals surface area (Å²) in [6.45, 7) is 16.1. The number of nitrogens with one attached hydrogen (secondary N) is 8. The second-order valence-corrected chi connectivity index (χ2v) is 33.3. The summed E-state index contributed by atoms with van der Waals surface area (Å²) in [7, 11) is 0. The van der Waals surface area contributed by atoms with Crippen LogP contribution in [0.1, 0.15) is 446 Å². The largest absolute Gasteiger partial charge is 0.462 e. The highest BCUT2D eigenvalue weighted by Gasteiger charge is 2.32. The number of rotatable bonds is 64. The molecule has 0 saturated heterocycles. The van der Waals surface area contributed by atoms with Crippen molar-refractivity contribution in [2.24, 2.45) is 0 Å². The number of ether oxygens (including phenoxy) is 8. The third kappa shape index (κ3) is 42.3. The second-order valence-electron chi connectivity index (χ2n) is 33.3. The first-order valence-electron chi connectivity index (χ1n) is 48.7. The Kier molecular flexibility index (Phi) is 55.9. The van der Waals surface area contributed by atoms with Gasteiger partial charge in [0.1, 0.15) is 0 Å². The maximum Gasteiger partial charge on any atom is 0.340 e. The molecular formula is C100H152N8O20. The molecule has 0 aliphatic carbocycles.